The van der Waals surface area contributed by atoms with Crippen molar-refractivity contribution in [2.24, 2.45) is 0 Å². The van der Waals surface area contributed by atoms with Crippen LogP contribution in [0, 0.1) is 6.92 Å². The molecule has 0 aliphatic heterocycles. The molecule has 47 valence electrons. The van der Waals surface area contributed by atoms with Crippen molar-refractivity contribution in [1.82, 2.24) is 0 Å². The van der Waals surface area contributed by atoms with Gasteiger partial charge in [0.05, 0.1) is 6.10 Å². The van der Waals surface area contributed by atoms with Gasteiger partial charge in [0.2, 0.25) is 0 Å². The van der Waals surface area contributed by atoms with Crippen molar-refractivity contribution in [3.8, 4) is 0 Å². The summed E-state index contributed by atoms with van der Waals surface area (Å²) in [6.45, 7) is 8.33. The predicted octanol–water partition coefficient (Wildman–Crippen LogP) is 0.290. The van der Waals surface area contributed by atoms with E-state index in [1.54, 1.807) is 6.92 Å². The monoisotopic (exact) mass is 121 g/mol. The molecule has 0 aromatic rings. The van der Waals surface area contributed by atoms with Crippen molar-refractivity contribution in [1.29, 1.82) is 0 Å². The average Bonchev–Trinajstić information content (AvgIpc) is 1.65. The topological polar surface area (TPSA) is 26.3 Å². The Morgan fingerprint density at radius 1 is 1.78 bits per heavy atom. The Morgan fingerprint density at radius 3 is 2.33 bits per heavy atom. The van der Waals surface area contributed by atoms with Crippen molar-refractivity contribution >= 4 is 24.8 Å². The fraction of sp³-hybridized carbons (Fsp3) is 0.333. The predicted molar refractivity (Wildman–Crippen MR) is 38.3 cm³/mol. The molecule has 0 rings (SSSR count). The molecule has 0 fully saturated rings. The number of carbonyl (C=O) groups is 1. The Morgan fingerprint density at radius 2 is 2.22 bits per heavy atom. The maximum absolute atomic E-state index is 10.2. The quantitative estimate of drug-likeness (QED) is 0.298. The average molecular weight is 121 g/mol. The second-order valence-corrected chi connectivity index (χ2v) is 1.45. The molecule has 0 N–H and O–H groups in total. The molecule has 9 heavy (non-hydrogen) atoms. The van der Waals surface area contributed by atoms with Gasteiger partial charge in [-0.1, -0.05) is 6.58 Å². The van der Waals surface area contributed by atoms with E-state index in [0.29, 0.717) is 0 Å². The van der Waals surface area contributed by atoms with Crippen LogP contribution in [-0.4, -0.2) is 30.9 Å². The van der Waals surface area contributed by atoms with Crippen molar-refractivity contribution in [3.05, 3.63) is 19.6 Å². The first kappa shape index (κ1) is 11.6. The van der Waals surface area contributed by atoms with Crippen LogP contribution in [0.25, 0.3) is 0 Å². The molecule has 1 unspecified atom stereocenters. The third kappa shape index (κ3) is 7.81. The summed E-state index contributed by atoms with van der Waals surface area (Å²) in [7, 11) is 0. The zero-order valence-electron chi connectivity index (χ0n) is 4.89. The van der Waals surface area contributed by atoms with E-state index in [1.165, 1.54) is 0 Å². The Kier molecular flexibility index (Phi) is 7.64. The van der Waals surface area contributed by atoms with Gasteiger partial charge < -0.3 is 4.74 Å². The molecule has 2 nitrogen and oxygen atoms in total. The number of ether oxygens (including phenoxy) is 1. The fourth-order valence-corrected chi connectivity index (χ4v) is 0.246. The van der Waals surface area contributed by atoms with E-state index in [2.05, 4.69) is 18.2 Å². The Balaban J connectivity index is 0. The second kappa shape index (κ2) is 5.94. The summed E-state index contributed by atoms with van der Waals surface area (Å²) in [6, 6.07) is 0. The maximum atomic E-state index is 10.2. The van der Waals surface area contributed by atoms with Crippen LogP contribution in [0.2, 0.25) is 0 Å². The number of esters is 1. The summed E-state index contributed by atoms with van der Waals surface area (Å²) < 4.78 is 4.53. The van der Waals surface area contributed by atoms with Crippen molar-refractivity contribution in [2.75, 3.05) is 0 Å². The van der Waals surface area contributed by atoms with Crippen LogP contribution >= 0.6 is 0 Å². The first-order valence-corrected chi connectivity index (χ1v) is 2.33. The van der Waals surface area contributed by atoms with Gasteiger partial charge in [-0.15, -0.1) is 0 Å². The molecule has 1 atom stereocenters. The van der Waals surface area contributed by atoms with Crippen LogP contribution in [0.3, 0.4) is 0 Å². The van der Waals surface area contributed by atoms with Crippen molar-refractivity contribution in [3.63, 3.8) is 0 Å². The molecule has 0 aromatic carbocycles. The molecular weight excluding hydrogens is 111 g/mol. The first-order valence-electron chi connectivity index (χ1n) is 2.33. The summed E-state index contributed by atoms with van der Waals surface area (Å²) in [6.07, 6.45) is 0.822. The summed E-state index contributed by atoms with van der Waals surface area (Å²) in [5, 5.41) is 0. The van der Waals surface area contributed by atoms with Crippen LogP contribution < -0.4 is 0 Å². The van der Waals surface area contributed by atoms with Crippen LogP contribution in [0.4, 0.5) is 0 Å². The van der Waals surface area contributed by atoms with Gasteiger partial charge in [0, 0.05) is 6.08 Å². The van der Waals surface area contributed by atoms with Crippen molar-refractivity contribution < 1.29 is 9.53 Å². The van der Waals surface area contributed by atoms with E-state index < -0.39 is 5.97 Å². The number of hydrogen-bond donors (Lipinski definition) is 0. The Bertz CT molecular complexity index is 99.2. The van der Waals surface area contributed by atoms with Gasteiger partial charge in [-0.2, -0.15) is 0 Å². The molecule has 0 aliphatic carbocycles. The molecule has 0 spiro atoms. The van der Waals surface area contributed by atoms with Gasteiger partial charge in [-0.25, -0.2) is 4.79 Å². The molecule has 0 amide bonds. The minimum absolute atomic E-state index is 0. The molecule has 0 heterocycles. The zero-order valence-corrected chi connectivity index (χ0v) is 4.89. The molecular formula is C6H10LiO2. The van der Waals surface area contributed by atoms with E-state index in [0.717, 1.165) is 6.08 Å². The standard InChI is InChI=1S/C6H9O2.Li.H/c1-4-6(7)8-5(2)3;;/h4-5H,1-2H2,3H3;;. The molecule has 0 aliphatic rings. The molecule has 0 aromatic heterocycles. The summed E-state index contributed by atoms with van der Waals surface area (Å²) in [4.78, 5) is 10.2. The van der Waals surface area contributed by atoms with E-state index in [1.807, 2.05) is 0 Å². The third-order valence-corrected chi connectivity index (χ3v) is 0.484. The van der Waals surface area contributed by atoms with Crippen molar-refractivity contribution in [2.45, 2.75) is 13.0 Å². The number of rotatable bonds is 2. The summed E-state index contributed by atoms with van der Waals surface area (Å²) in [5.41, 5.74) is 0. The molecule has 3 heteroatoms. The molecule has 0 saturated carbocycles. The Hall–Kier alpha value is -0.193. The third-order valence-electron chi connectivity index (χ3n) is 0.484. The van der Waals surface area contributed by atoms with E-state index in [4.69, 9.17) is 0 Å². The van der Waals surface area contributed by atoms with Gasteiger partial charge in [0.25, 0.3) is 0 Å². The van der Waals surface area contributed by atoms with Gasteiger partial charge >= 0.3 is 24.8 Å². The van der Waals surface area contributed by atoms with Crippen LogP contribution in [0.1, 0.15) is 6.92 Å². The van der Waals surface area contributed by atoms with E-state index >= 15 is 0 Å². The number of carbonyl (C=O) groups excluding carboxylic acids is 1. The zero-order chi connectivity index (χ0) is 6.57. The summed E-state index contributed by atoms with van der Waals surface area (Å²) >= 11 is 0. The van der Waals surface area contributed by atoms with Crippen LogP contribution in [0.15, 0.2) is 12.7 Å². The van der Waals surface area contributed by atoms with Gasteiger partial charge in [0.1, 0.15) is 0 Å². The van der Waals surface area contributed by atoms with Gasteiger partial charge in [-0.3, -0.25) is 0 Å². The Labute approximate surface area is 67.4 Å². The van der Waals surface area contributed by atoms with Crippen LogP contribution in [0.5, 0.6) is 0 Å². The first-order chi connectivity index (χ1) is 3.66. The summed E-state index contributed by atoms with van der Waals surface area (Å²) in [5.74, 6) is -0.424. The number of hydrogen-bond acceptors (Lipinski definition) is 2. The van der Waals surface area contributed by atoms with Crippen LogP contribution in [-0.2, 0) is 9.53 Å². The molecule has 0 saturated heterocycles. The SMILES string of the molecule is [CH2]C(C)OC(=O)C=C.[LiH]. The van der Waals surface area contributed by atoms with E-state index in [9.17, 15) is 4.79 Å². The molecule has 1 radical (unpaired) electrons. The minimum atomic E-state index is -0.424. The van der Waals surface area contributed by atoms with Gasteiger partial charge in [-0.05, 0) is 13.8 Å². The fourth-order valence-electron chi connectivity index (χ4n) is 0.246. The molecule has 0 bridgehead atoms. The van der Waals surface area contributed by atoms with Gasteiger partial charge in [0.15, 0.2) is 0 Å². The second-order valence-electron chi connectivity index (χ2n) is 1.45. The normalized spacial score (nSPS) is 7.89. The van der Waals surface area contributed by atoms with E-state index in [-0.39, 0.29) is 25.0 Å².